The van der Waals surface area contributed by atoms with Gasteiger partial charge in [0.15, 0.2) is 0 Å². The number of carbonyl (C=O) groups is 1. The van der Waals surface area contributed by atoms with Gasteiger partial charge in [-0.1, -0.05) is 43.7 Å². The smallest absolute Gasteiger partial charge is 0.303 e. The Hall–Kier alpha value is -2.36. The second kappa shape index (κ2) is 5.93. The molecule has 2 aromatic carbocycles. The van der Waals surface area contributed by atoms with Gasteiger partial charge in [-0.3, -0.25) is 4.79 Å². The van der Waals surface area contributed by atoms with E-state index in [4.69, 9.17) is 4.74 Å². The van der Waals surface area contributed by atoms with Crippen molar-refractivity contribution in [3.63, 3.8) is 0 Å². The number of hydrogen-bond donors (Lipinski definition) is 1. The largest absolute Gasteiger partial charge is 0.457 e. The number of hydrogen-bond acceptors (Lipinski definition) is 3. The van der Waals surface area contributed by atoms with Gasteiger partial charge >= 0.3 is 5.97 Å². The van der Waals surface area contributed by atoms with Gasteiger partial charge in [0, 0.05) is 23.6 Å². The summed E-state index contributed by atoms with van der Waals surface area (Å²) in [5, 5.41) is 3.54. The monoisotopic (exact) mass is 327 g/mol. The molecule has 0 radical (unpaired) electrons. The molecule has 0 aromatic heterocycles. The lowest BCUT2D eigenvalue weighted by Gasteiger charge is -2.46. The second-order valence-electron chi connectivity index (χ2n) is 7.03. The molecule has 2 aromatic rings. The Morgan fingerprint density at radius 2 is 1.83 bits per heavy atom. The number of aryl methyl sites for hydroxylation is 1. The highest BCUT2D eigenvalue weighted by molar-refractivity contribution is 5.68. The molecule has 0 fully saturated rings. The van der Waals surface area contributed by atoms with E-state index in [1.165, 1.54) is 19.1 Å². The number of anilines is 1. The van der Waals surface area contributed by atoms with Crippen LogP contribution >= 0.6 is 0 Å². The molecule has 0 aliphatic carbocycles. The van der Waals surface area contributed by atoms with Crippen molar-refractivity contribution in [2.45, 2.75) is 39.8 Å². The molecule has 0 saturated heterocycles. The Morgan fingerprint density at radius 3 is 2.46 bits per heavy atom. The summed E-state index contributed by atoms with van der Waals surface area (Å²) in [6.45, 7) is 7.57. The molecule has 126 valence electrons. The van der Waals surface area contributed by atoms with Crippen LogP contribution in [0.2, 0.25) is 0 Å². The van der Waals surface area contributed by atoms with Crippen LogP contribution in [0.1, 0.15) is 49.6 Å². The van der Waals surface area contributed by atoms with Crippen molar-refractivity contribution in [3.05, 3.63) is 65.0 Å². The summed E-state index contributed by atoms with van der Waals surface area (Å²) in [6, 6.07) is 12.5. The lowest BCUT2D eigenvalue weighted by Crippen LogP contribution is -2.40. The summed E-state index contributed by atoms with van der Waals surface area (Å²) >= 11 is 0. The van der Waals surface area contributed by atoms with Crippen molar-refractivity contribution in [3.8, 4) is 0 Å². The summed E-state index contributed by atoms with van der Waals surface area (Å²) in [5.74, 6) is -0.569. The van der Waals surface area contributed by atoms with Gasteiger partial charge in [-0.05, 0) is 30.7 Å². The topological polar surface area (TPSA) is 38.3 Å². The predicted molar refractivity (Wildman–Crippen MR) is 92.2 cm³/mol. The Labute approximate surface area is 141 Å². The van der Waals surface area contributed by atoms with Crippen LogP contribution in [0, 0.1) is 18.2 Å². The maximum Gasteiger partial charge on any atom is 0.303 e. The quantitative estimate of drug-likeness (QED) is 0.795. The molecule has 0 saturated carbocycles. The molecule has 0 amide bonds. The van der Waals surface area contributed by atoms with Crippen molar-refractivity contribution in [2.24, 2.45) is 5.41 Å². The first-order valence-electron chi connectivity index (χ1n) is 8.09. The standard InChI is InChI=1S/C20H22FNO2/c1-12-5-10-17-16(11-12)19(24-13(2)23)20(3,4)18(22-17)14-6-8-15(21)9-7-14/h5-11,18-19,22H,1-4H3/t18-,19+/m1/s1. The Morgan fingerprint density at radius 1 is 1.17 bits per heavy atom. The van der Waals surface area contributed by atoms with Crippen LogP contribution < -0.4 is 5.32 Å². The Balaban J connectivity index is 2.11. The minimum atomic E-state index is -0.399. The highest BCUT2D eigenvalue weighted by atomic mass is 19.1. The fourth-order valence-electron chi connectivity index (χ4n) is 3.47. The van der Waals surface area contributed by atoms with Crippen LogP contribution in [0.4, 0.5) is 10.1 Å². The third-order valence-electron chi connectivity index (χ3n) is 4.70. The Kier molecular flexibility index (Phi) is 4.08. The Bertz CT molecular complexity index is 768. The van der Waals surface area contributed by atoms with Gasteiger partial charge in [0.05, 0.1) is 6.04 Å². The van der Waals surface area contributed by atoms with E-state index < -0.39 is 5.41 Å². The lowest BCUT2D eigenvalue weighted by molar-refractivity contribution is -0.154. The predicted octanol–water partition coefficient (Wildman–Crippen LogP) is 4.93. The fourth-order valence-corrected chi connectivity index (χ4v) is 3.47. The number of carbonyl (C=O) groups excluding carboxylic acids is 1. The van der Waals surface area contributed by atoms with Crippen molar-refractivity contribution in [1.29, 1.82) is 0 Å². The maximum absolute atomic E-state index is 13.3. The zero-order valence-corrected chi connectivity index (χ0v) is 14.4. The lowest BCUT2D eigenvalue weighted by atomic mass is 9.70. The first-order chi connectivity index (χ1) is 11.3. The van der Waals surface area contributed by atoms with E-state index in [9.17, 15) is 9.18 Å². The van der Waals surface area contributed by atoms with E-state index in [1.807, 2.05) is 19.1 Å². The molecule has 4 heteroatoms. The van der Waals surface area contributed by atoms with Crippen LogP contribution in [0.15, 0.2) is 42.5 Å². The van der Waals surface area contributed by atoms with Gasteiger partial charge in [-0.2, -0.15) is 0 Å². The van der Waals surface area contributed by atoms with Crippen molar-refractivity contribution in [2.75, 3.05) is 5.32 Å². The molecule has 0 bridgehead atoms. The number of fused-ring (bicyclic) bond motifs is 1. The van der Waals surface area contributed by atoms with E-state index >= 15 is 0 Å². The summed E-state index contributed by atoms with van der Waals surface area (Å²) in [7, 11) is 0. The van der Waals surface area contributed by atoms with Crippen molar-refractivity contribution >= 4 is 11.7 Å². The first-order valence-corrected chi connectivity index (χ1v) is 8.09. The second-order valence-corrected chi connectivity index (χ2v) is 7.03. The highest BCUT2D eigenvalue weighted by Crippen LogP contribution is 2.53. The number of halogens is 1. The van der Waals surface area contributed by atoms with Crippen molar-refractivity contribution in [1.82, 2.24) is 0 Å². The molecule has 2 atom stereocenters. The normalized spacial score (nSPS) is 21.5. The molecule has 1 aliphatic rings. The van der Waals surface area contributed by atoms with Crippen LogP contribution in [-0.2, 0) is 9.53 Å². The van der Waals surface area contributed by atoms with Gasteiger partial charge in [0.1, 0.15) is 11.9 Å². The van der Waals surface area contributed by atoms with Gasteiger partial charge in [0.25, 0.3) is 0 Å². The molecule has 0 unspecified atom stereocenters. The van der Waals surface area contributed by atoms with E-state index in [-0.39, 0.29) is 23.9 Å². The van der Waals surface area contributed by atoms with Crippen LogP contribution in [0.25, 0.3) is 0 Å². The number of benzene rings is 2. The van der Waals surface area contributed by atoms with E-state index in [1.54, 1.807) is 12.1 Å². The molecule has 3 rings (SSSR count). The number of nitrogens with one attached hydrogen (secondary N) is 1. The summed E-state index contributed by atoms with van der Waals surface area (Å²) in [5.41, 5.74) is 3.60. The number of rotatable bonds is 2. The van der Waals surface area contributed by atoms with Gasteiger partial charge in [-0.15, -0.1) is 0 Å². The molecule has 3 nitrogen and oxygen atoms in total. The molecule has 24 heavy (non-hydrogen) atoms. The van der Waals surface area contributed by atoms with Crippen LogP contribution in [0.3, 0.4) is 0 Å². The van der Waals surface area contributed by atoms with Crippen LogP contribution in [0.5, 0.6) is 0 Å². The van der Waals surface area contributed by atoms with Crippen molar-refractivity contribution < 1.29 is 13.9 Å². The average molecular weight is 327 g/mol. The average Bonchev–Trinajstić information content (AvgIpc) is 2.51. The maximum atomic E-state index is 13.3. The van der Waals surface area contributed by atoms with E-state index in [0.29, 0.717) is 0 Å². The minimum absolute atomic E-state index is 0.0994. The van der Waals surface area contributed by atoms with E-state index in [2.05, 4.69) is 25.2 Å². The van der Waals surface area contributed by atoms with Gasteiger partial charge < -0.3 is 10.1 Å². The van der Waals surface area contributed by atoms with Gasteiger partial charge in [0.2, 0.25) is 0 Å². The molecule has 1 heterocycles. The molecule has 1 aliphatic heterocycles. The zero-order chi connectivity index (χ0) is 17.5. The summed E-state index contributed by atoms with van der Waals surface area (Å²) in [6.07, 6.45) is -0.374. The third-order valence-corrected chi connectivity index (χ3v) is 4.70. The summed E-state index contributed by atoms with van der Waals surface area (Å²) in [4.78, 5) is 11.7. The molecule has 0 spiro atoms. The number of esters is 1. The molecule has 1 N–H and O–H groups in total. The fraction of sp³-hybridized carbons (Fsp3) is 0.350. The molecular formula is C20H22FNO2. The summed E-state index contributed by atoms with van der Waals surface area (Å²) < 4.78 is 19.0. The molecular weight excluding hydrogens is 305 g/mol. The van der Waals surface area contributed by atoms with E-state index in [0.717, 1.165) is 22.4 Å². The first kappa shape index (κ1) is 16.5. The van der Waals surface area contributed by atoms with Gasteiger partial charge in [-0.25, -0.2) is 4.39 Å². The SMILES string of the molecule is CC(=O)O[C@H]1c2cc(C)ccc2N[C@H](c2ccc(F)cc2)C1(C)C. The van der Waals surface area contributed by atoms with Crippen LogP contribution in [-0.4, -0.2) is 5.97 Å². The number of ether oxygens (including phenoxy) is 1. The minimum Gasteiger partial charge on any atom is -0.457 e. The zero-order valence-electron chi connectivity index (χ0n) is 14.4. The third kappa shape index (κ3) is 2.88. The highest BCUT2D eigenvalue weighted by Gasteiger charge is 2.46.